The Bertz CT molecular complexity index is 639. The molecule has 1 N–H and O–H groups in total. The molecule has 0 saturated heterocycles. The number of amides is 1. The number of carbonyl (C=O) groups excluding carboxylic acids is 2. The molecule has 2 aromatic carbocycles. The molecule has 0 radical (unpaired) electrons. The van der Waals surface area contributed by atoms with Crippen molar-refractivity contribution in [2.24, 2.45) is 0 Å². The molecule has 0 aliphatic heterocycles. The van der Waals surface area contributed by atoms with Gasteiger partial charge in [0.1, 0.15) is 0 Å². The summed E-state index contributed by atoms with van der Waals surface area (Å²) in [7, 11) is -0.556. The van der Waals surface area contributed by atoms with Crippen LogP contribution in [0, 0.1) is 0 Å². The largest absolute Gasteiger partial charge is 0.356 e. The van der Waals surface area contributed by atoms with E-state index in [1.165, 1.54) is 22.4 Å². The third kappa shape index (κ3) is 7.31. The zero-order valence-electron chi connectivity index (χ0n) is 15.2. The molecular weight excluding hydrogens is 361 g/mol. The van der Waals surface area contributed by atoms with Crippen LogP contribution in [0.25, 0.3) is 0 Å². The van der Waals surface area contributed by atoms with Crippen LogP contribution in [0.1, 0.15) is 32.6 Å². The first kappa shape index (κ1) is 20.7. The minimum Gasteiger partial charge on any atom is -0.356 e. The average molecular weight is 387 g/mol. The number of carbonyl (C=O) groups is 2. The molecule has 0 atom stereocenters. The molecule has 0 aliphatic rings. The smallest absolute Gasteiger partial charge is 0.220 e. The van der Waals surface area contributed by atoms with Gasteiger partial charge in [0, 0.05) is 24.9 Å². The van der Waals surface area contributed by atoms with Crippen LogP contribution in [-0.4, -0.2) is 23.1 Å². The van der Waals surface area contributed by atoms with E-state index in [4.69, 9.17) is 0 Å². The van der Waals surface area contributed by atoms with Crippen LogP contribution < -0.4 is 15.9 Å². The number of benzene rings is 2. The quantitative estimate of drug-likeness (QED) is 0.626. The lowest BCUT2D eigenvalue weighted by atomic mass is 10.2. The Balaban J connectivity index is 1.85. The summed E-state index contributed by atoms with van der Waals surface area (Å²) in [4.78, 5) is 23.8. The monoisotopic (exact) mass is 387 g/mol. The third-order valence-electron chi connectivity index (χ3n) is 3.85. The maximum Gasteiger partial charge on any atom is 0.220 e. The van der Waals surface area contributed by atoms with Crippen LogP contribution >= 0.6 is 19.7 Å². The molecule has 2 aromatic rings. The van der Waals surface area contributed by atoms with Crippen LogP contribution in [0.3, 0.4) is 0 Å². The zero-order chi connectivity index (χ0) is 18.6. The Morgan fingerprint density at radius 1 is 0.923 bits per heavy atom. The first-order chi connectivity index (χ1) is 12.7. The average Bonchev–Trinajstić information content (AvgIpc) is 2.68. The van der Waals surface area contributed by atoms with Gasteiger partial charge < -0.3 is 5.32 Å². The topological polar surface area (TPSA) is 46.2 Å². The Morgan fingerprint density at radius 2 is 1.50 bits per heavy atom. The first-order valence-electron chi connectivity index (χ1n) is 9.00. The van der Waals surface area contributed by atoms with Crippen molar-refractivity contribution in [2.45, 2.75) is 32.6 Å². The van der Waals surface area contributed by atoms with Gasteiger partial charge in [-0.15, -0.1) is 0 Å². The summed E-state index contributed by atoms with van der Waals surface area (Å²) < 4.78 is 0. The van der Waals surface area contributed by atoms with Gasteiger partial charge in [-0.05, 0) is 31.4 Å². The van der Waals surface area contributed by atoms with Gasteiger partial charge in [-0.25, -0.2) is 0 Å². The van der Waals surface area contributed by atoms with E-state index in [1.54, 1.807) is 0 Å². The van der Waals surface area contributed by atoms with E-state index < -0.39 is 7.92 Å². The zero-order valence-corrected chi connectivity index (χ0v) is 16.9. The van der Waals surface area contributed by atoms with Gasteiger partial charge in [0.05, 0.1) is 0 Å². The molecule has 0 fully saturated rings. The van der Waals surface area contributed by atoms with Crippen molar-refractivity contribution in [3.63, 3.8) is 0 Å². The standard InChI is InChI=1S/C21H26NO2PS/c1-2-16-22-20(23)14-9-15-21(24)26-17-25(18-10-5-3-6-11-18)19-12-7-4-8-13-19/h3-8,10-13H,2,9,14-17H2,1H3,(H,22,23). The number of hydrogen-bond donors (Lipinski definition) is 1. The summed E-state index contributed by atoms with van der Waals surface area (Å²) in [5.41, 5.74) is 0.782. The van der Waals surface area contributed by atoms with Crippen molar-refractivity contribution in [3.8, 4) is 0 Å². The normalized spacial score (nSPS) is 10.7. The van der Waals surface area contributed by atoms with Gasteiger partial charge in [0.15, 0.2) is 5.12 Å². The van der Waals surface area contributed by atoms with Crippen molar-refractivity contribution < 1.29 is 9.59 Å². The van der Waals surface area contributed by atoms with Crippen LogP contribution in [-0.2, 0) is 9.59 Å². The molecule has 2 rings (SSSR count). The fourth-order valence-corrected chi connectivity index (χ4v) is 6.40. The lowest BCUT2D eigenvalue weighted by Gasteiger charge is -2.17. The highest BCUT2D eigenvalue weighted by Gasteiger charge is 2.15. The Labute approximate surface area is 161 Å². The number of nitrogens with one attached hydrogen (secondary N) is 1. The predicted molar refractivity (Wildman–Crippen MR) is 114 cm³/mol. The molecule has 0 bridgehead atoms. The second-order valence-electron chi connectivity index (χ2n) is 5.95. The van der Waals surface area contributed by atoms with E-state index in [-0.39, 0.29) is 11.0 Å². The summed E-state index contributed by atoms with van der Waals surface area (Å²) in [5.74, 6) is 0.0421. The molecule has 0 spiro atoms. The summed E-state index contributed by atoms with van der Waals surface area (Å²) in [5, 5.41) is 5.59. The van der Waals surface area contributed by atoms with E-state index in [0.29, 0.717) is 25.8 Å². The van der Waals surface area contributed by atoms with Crippen molar-refractivity contribution in [1.82, 2.24) is 5.32 Å². The number of thioether (sulfide) groups is 1. The highest BCUT2D eigenvalue weighted by atomic mass is 32.2. The number of hydrogen-bond acceptors (Lipinski definition) is 3. The second kappa shape index (κ2) is 11.9. The van der Waals surface area contributed by atoms with Gasteiger partial charge in [0.2, 0.25) is 5.91 Å². The van der Waals surface area contributed by atoms with Crippen molar-refractivity contribution in [1.29, 1.82) is 0 Å². The number of rotatable bonds is 10. The van der Waals surface area contributed by atoms with Gasteiger partial charge in [0.25, 0.3) is 0 Å². The Hall–Kier alpha value is -1.64. The minimum absolute atomic E-state index is 0.0421. The molecule has 138 valence electrons. The van der Waals surface area contributed by atoms with Crippen LogP contribution in [0.5, 0.6) is 0 Å². The van der Waals surface area contributed by atoms with E-state index in [2.05, 4.69) is 53.8 Å². The summed E-state index contributed by atoms with van der Waals surface area (Å²) in [6, 6.07) is 20.8. The molecule has 0 saturated carbocycles. The second-order valence-corrected chi connectivity index (χ2v) is 9.61. The van der Waals surface area contributed by atoms with Crippen LogP contribution in [0.4, 0.5) is 0 Å². The van der Waals surface area contributed by atoms with Gasteiger partial charge in [-0.3, -0.25) is 9.59 Å². The fraction of sp³-hybridized carbons (Fsp3) is 0.333. The molecular formula is C21H26NO2PS. The molecule has 26 heavy (non-hydrogen) atoms. The lowest BCUT2D eigenvalue weighted by molar-refractivity contribution is -0.121. The van der Waals surface area contributed by atoms with Crippen molar-refractivity contribution >= 4 is 41.3 Å². The highest BCUT2D eigenvalue weighted by Crippen LogP contribution is 2.37. The highest BCUT2D eigenvalue weighted by molar-refractivity contribution is 8.18. The predicted octanol–water partition coefficient (Wildman–Crippen LogP) is 4.03. The summed E-state index contributed by atoms with van der Waals surface area (Å²) in [6.45, 7) is 2.73. The SMILES string of the molecule is CCCNC(=O)CCCC(=O)SCP(c1ccccc1)c1ccccc1. The van der Waals surface area contributed by atoms with E-state index >= 15 is 0 Å². The molecule has 0 unspecified atom stereocenters. The lowest BCUT2D eigenvalue weighted by Crippen LogP contribution is -2.23. The molecule has 0 aliphatic carbocycles. The van der Waals surface area contributed by atoms with Crippen molar-refractivity contribution in [2.75, 3.05) is 12.0 Å². The molecule has 5 heteroatoms. The van der Waals surface area contributed by atoms with E-state index in [0.717, 1.165) is 11.9 Å². The van der Waals surface area contributed by atoms with Gasteiger partial charge in [-0.1, -0.05) is 79.3 Å². The maximum absolute atomic E-state index is 12.2. The molecule has 0 aromatic heterocycles. The van der Waals surface area contributed by atoms with Gasteiger partial charge in [-0.2, -0.15) is 0 Å². The van der Waals surface area contributed by atoms with Gasteiger partial charge >= 0.3 is 0 Å². The molecule has 3 nitrogen and oxygen atoms in total. The molecule has 1 amide bonds. The molecule has 0 heterocycles. The van der Waals surface area contributed by atoms with E-state index in [9.17, 15) is 9.59 Å². The Morgan fingerprint density at radius 3 is 2.04 bits per heavy atom. The summed E-state index contributed by atoms with van der Waals surface area (Å²) >= 11 is 1.40. The first-order valence-corrected chi connectivity index (χ1v) is 11.5. The fourth-order valence-electron chi connectivity index (χ4n) is 2.47. The Kier molecular flexibility index (Phi) is 9.44. The van der Waals surface area contributed by atoms with Crippen molar-refractivity contribution in [3.05, 3.63) is 60.7 Å². The maximum atomic E-state index is 12.2. The van der Waals surface area contributed by atoms with E-state index in [1.807, 2.05) is 19.1 Å². The third-order valence-corrected chi connectivity index (χ3v) is 7.77. The van der Waals surface area contributed by atoms with Crippen LogP contribution in [0.15, 0.2) is 60.7 Å². The summed E-state index contributed by atoms with van der Waals surface area (Å²) in [6.07, 6.45) is 2.44. The van der Waals surface area contributed by atoms with Crippen LogP contribution in [0.2, 0.25) is 0 Å². The minimum atomic E-state index is -0.556.